The summed E-state index contributed by atoms with van der Waals surface area (Å²) in [5.41, 5.74) is 0. The molecule has 0 fully saturated rings. The lowest BCUT2D eigenvalue weighted by molar-refractivity contribution is -0.123. The zero-order valence-electron chi connectivity index (χ0n) is 26.0. The Morgan fingerprint density at radius 1 is 0.590 bits per heavy atom. The third-order valence-corrected chi connectivity index (χ3v) is 7.85. The smallest absolute Gasteiger partial charge is 0.220 e. The van der Waals surface area contributed by atoms with Crippen LogP contribution in [0.25, 0.3) is 0 Å². The number of unbranched alkanes of at least 4 members (excludes halogenated alkanes) is 21. The van der Waals surface area contributed by atoms with Crippen molar-refractivity contribution >= 4 is 5.91 Å². The van der Waals surface area contributed by atoms with Gasteiger partial charge in [0.2, 0.25) is 5.91 Å². The predicted octanol–water partition coefficient (Wildman–Crippen LogP) is 8.53. The number of aliphatic hydroxyl groups is 3. The van der Waals surface area contributed by atoms with Crippen molar-refractivity contribution in [2.45, 2.75) is 193 Å². The summed E-state index contributed by atoms with van der Waals surface area (Å²) in [5, 5.41) is 32.9. The van der Waals surface area contributed by atoms with E-state index in [1.807, 2.05) is 0 Å². The minimum absolute atomic E-state index is 0.129. The molecular formula is C34H67NO4. The Morgan fingerprint density at radius 3 is 1.38 bits per heavy atom. The summed E-state index contributed by atoms with van der Waals surface area (Å²) in [6, 6.07) is -0.736. The first-order valence-corrected chi connectivity index (χ1v) is 17.0. The van der Waals surface area contributed by atoms with Crippen molar-refractivity contribution in [3.8, 4) is 0 Å². The van der Waals surface area contributed by atoms with E-state index in [0.717, 1.165) is 32.1 Å². The van der Waals surface area contributed by atoms with Crippen LogP contribution in [-0.4, -0.2) is 46.1 Å². The second kappa shape index (κ2) is 30.1. The highest BCUT2D eigenvalue weighted by Crippen LogP contribution is 2.14. The molecule has 0 spiro atoms. The molecule has 1 amide bonds. The average molecular weight is 554 g/mol. The molecule has 0 aliphatic rings. The topological polar surface area (TPSA) is 89.8 Å². The van der Waals surface area contributed by atoms with Crippen molar-refractivity contribution in [3.63, 3.8) is 0 Å². The Morgan fingerprint density at radius 2 is 0.974 bits per heavy atom. The van der Waals surface area contributed by atoms with Gasteiger partial charge in [-0.05, 0) is 12.8 Å². The van der Waals surface area contributed by atoms with E-state index < -0.39 is 18.2 Å². The van der Waals surface area contributed by atoms with Crippen LogP contribution in [0.15, 0.2) is 12.2 Å². The molecule has 0 bridgehead atoms. The molecule has 0 aromatic rings. The van der Waals surface area contributed by atoms with Crippen LogP contribution in [0.4, 0.5) is 0 Å². The number of rotatable bonds is 30. The summed E-state index contributed by atoms with van der Waals surface area (Å²) in [6.45, 7) is 4.18. The van der Waals surface area contributed by atoms with Crippen molar-refractivity contribution in [3.05, 3.63) is 12.2 Å². The van der Waals surface area contributed by atoms with Gasteiger partial charge in [-0.2, -0.15) is 0 Å². The number of hydrogen-bond donors (Lipinski definition) is 4. The molecular weight excluding hydrogens is 486 g/mol. The summed E-state index contributed by atoms with van der Waals surface area (Å²) in [4.78, 5) is 12.3. The van der Waals surface area contributed by atoms with Crippen LogP contribution in [0.3, 0.4) is 0 Å². The minimum Gasteiger partial charge on any atom is -0.394 e. The number of aliphatic hydroxyl groups excluding tert-OH is 3. The van der Waals surface area contributed by atoms with Crippen molar-refractivity contribution < 1.29 is 20.1 Å². The van der Waals surface area contributed by atoms with Crippen LogP contribution in [0.1, 0.15) is 174 Å². The van der Waals surface area contributed by atoms with Crippen LogP contribution in [0, 0.1) is 0 Å². The number of carbonyl (C=O) groups is 1. The van der Waals surface area contributed by atoms with E-state index in [1.165, 1.54) is 122 Å². The molecule has 5 heteroatoms. The molecule has 0 aliphatic heterocycles. The van der Waals surface area contributed by atoms with Gasteiger partial charge >= 0.3 is 0 Å². The minimum atomic E-state index is -1.01. The summed E-state index contributed by atoms with van der Waals surface area (Å²) in [7, 11) is 0. The maximum atomic E-state index is 12.3. The first-order chi connectivity index (χ1) is 19.0. The van der Waals surface area contributed by atoms with Gasteiger partial charge in [0.25, 0.3) is 0 Å². The lowest BCUT2D eigenvalue weighted by Gasteiger charge is -2.20. The van der Waals surface area contributed by atoms with Gasteiger partial charge in [-0.15, -0.1) is 0 Å². The van der Waals surface area contributed by atoms with Gasteiger partial charge in [-0.3, -0.25) is 4.79 Å². The number of nitrogens with one attached hydrogen (secondary N) is 1. The molecule has 4 N–H and O–H groups in total. The second-order valence-corrected chi connectivity index (χ2v) is 11.8. The molecule has 0 aliphatic carbocycles. The third-order valence-electron chi connectivity index (χ3n) is 7.85. The third kappa shape index (κ3) is 27.0. The Bertz CT molecular complexity index is 539. The van der Waals surface area contributed by atoms with Crippen LogP contribution < -0.4 is 5.32 Å². The van der Waals surface area contributed by atoms with Crippen LogP contribution >= 0.6 is 0 Å². The highest BCUT2D eigenvalue weighted by Gasteiger charge is 2.18. The Hall–Kier alpha value is -0.910. The van der Waals surface area contributed by atoms with Crippen molar-refractivity contribution in [1.82, 2.24) is 5.32 Å². The molecule has 0 rings (SSSR count). The van der Waals surface area contributed by atoms with E-state index in [2.05, 4.69) is 19.2 Å². The monoisotopic (exact) mass is 554 g/mol. The first kappa shape index (κ1) is 38.1. The van der Waals surface area contributed by atoms with Crippen LogP contribution in [0.5, 0.6) is 0 Å². The molecule has 0 aromatic carbocycles. The number of amides is 1. The molecule has 0 aromatic heterocycles. The van der Waals surface area contributed by atoms with E-state index >= 15 is 0 Å². The summed E-state index contributed by atoms with van der Waals surface area (Å²) < 4.78 is 0. The van der Waals surface area contributed by atoms with E-state index in [9.17, 15) is 20.1 Å². The first-order valence-electron chi connectivity index (χ1n) is 17.0. The van der Waals surface area contributed by atoms with Crippen molar-refractivity contribution in [2.24, 2.45) is 0 Å². The number of hydrogen-bond acceptors (Lipinski definition) is 4. The highest BCUT2D eigenvalue weighted by molar-refractivity contribution is 5.76. The fourth-order valence-corrected chi connectivity index (χ4v) is 5.13. The molecule has 0 radical (unpaired) electrons. The zero-order valence-corrected chi connectivity index (χ0v) is 26.0. The molecule has 3 atom stereocenters. The second-order valence-electron chi connectivity index (χ2n) is 11.8. The Kier molecular flexibility index (Phi) is 29.4. The zero-order chi connectivity index (χ0) is 28.8. The van der Waals surface area contributed by atoms with E-state index in [1.54, 1.807) is 6.08 Å². The van der Waals surface area contributed by atoms with E-state index in [0.29, 0.717) is 12.8 Å². The van der Waals surface area contributed by atoms with E-state index in [-0.39, 0.29) is 12.5 Å². The normalized spacial score (nSPS) is 14.1. The maximum absolute atomic E-state index is 12.3. The molecule has 0 saturated carbocycles. The molecule has 0 heterocycles. The van der Waals surface area contributed by atoms with Gasteiger partial charge in [-0.25, -0.2) is 0 Å². The lowest BCUT2D eigenvalue weighted by atomic mass is 10.0. The van der Waals surface area contributed by atoms with Gasteiger partial charge < -0.3 is 20.6 Å². The maximum Gasteiger partial charge on any atom is 0.220 e. The quantitative estimate of drug-likeness (QED) is 0.0530. The largest absolute Gasteiger partial charge is 0.394 e. The molecule has 232 valence electrons. The summed E-state index contributed by atoms with van der Waals surface area (Å²) in [6.07, 6.45) is 31.7. The predicted molar refractivity (Wildman–Crippen MR) is 167 cm³/mol. The Balaban J connectivity index is 3.77. The van der Waals surface area contributed by atoms with Gasteiger partial charge in [0, 0.05) is 6.42 Å². The van der Waals surface area contributed by atoms with Crippen LogP contribution in [-0.2, 0) is 4.79 Å². The SMILES string of the molecule is CCCCCCCCCCCCCCCC(=O)NC(CO)C(O)C=CC(O)CCCCCCCCCCCC. The van der Waals surface area contributed by atoms with Crippen molar-refractivity contribution in [2.75, 3.05) is 6.61 Å². The molecule has 0 saturated heterocycles. The summed E-state index contributed by atoms with van der Waals surface area (Å²) >= 11 is 0. The average Bonchev–Trinajstić information content (AvgIpc) is 2.93. The molecule has 39 heavy (non-hydrogen) atoms. The molecule has 3 unspecified atom stereocenters. The van der Waals surface area contributed by atoms with E-state index in [4.69, 9.17) is 0 Å². The lowest BCUT2D eigenvalue weighted by Crippen LogP contribution is -2.45. The fraction of sp³-hybridized carbons (Fsp3) is 0.912. The van der Waals surface area contributed by atoms with Gasteiger partial charge in [0.05, 0.1) is 24.9 Å². The van der Waals surface area contributed by atoms with Gasteiger partial charge in [-0.1, -0.05) is 167 Å². The van der Waals surface area contributed by atoms with Gasteiger partial charge in [0.15, 0.2) is 0 Å². The van der Waals surface area contributed by atoms with Gasteiger partial charge in [0.1, 0.15) is 0 Å². The van der Waals surface area contributed by atoms with Crippen LogP contribution in [0.2, 0.25) is 0 Å². The fourth-order valence-electron chi connectivity index (χ4n) is 5.13. The molecule has 5 nitrogen and oxygen atoms in total. The number of carbonyl (C=O) groups excluding carboxylic acids is 1. The standard InChI is InChI=1S/C34H67NO4/c1-3-5-7-9-11-13-15-16-17-19-21-23-25-27-34(39)35-32(30-36)33(38)29-28-31(37)26-24-22-20-18-14-12-10-8-6-4-2/h28-29,31-33,36-38H,3-27,30H2,1-2H3,(H,35,39). The summed E-state index contributed by atoms with van der Waals surface area (Å²) in [5.74, 6) is -0.129. The van der Waals surface area contributed by atoms with Crippen molar-refractivity contribution in [1.29, 1.82) is 0 Å². The highest BCUT2D eigenvalue weighted by atomic mass is 16.3. The Labute approximate surface area is 242 Å².